The first kappa shape index (κ1) is 20.1. The molecular formula is C14H14Br4O4. The predicted octanol–water partition coefficient (Wildman–Crippen LogP) is 4.48. The minimum atomic E-state index is -1.23. The van der Waals surface area contributed by atoms with Crippen LogP contribution in [0.3, 0.4) is 0 Å². The van der Waals surface area contributed by atoms with E-state index in [1.165, 1.54) is 6.07 Å². The molecule has 2 atom stereocenters. The van der Waals surface area contributed by atoms with Crippen molar-refractivity contribution in [2.75, 3.05) is 10.7 Å². The highest BCUT2D eigenvalue weighted by molar-refractivity contribution is 9.12. The number of aromatic carboxylic acids is 2. The minimum Gasteiger partial charge on any atom is -0.478 e. The quantitative estimate of drug-likeness (QED) is 0.456. The van der Waals surface area contributed by atoms with Gasteiger partial charge in [0.2, 0.25) is 0 Å². The van der Waals surface area contributed by atoms with Gasteiger partial charge in [-0.2, -0.15) is 0 Å². The third-order valence-corrected chi connectivity index (χ3v) is 7.65. The average Bonchev–Trinajstić information content (AvgIpc) is 2.47. The number of rotatable bonds is 8. The van der Waals surface area contributed by atoms with Gasteiger partial charge in [-0.05, 0) is 30.0 Å². The summed E-state index contributed by atoms with van der Waals surface area (Å²) in [6.45, 7) is 0. The number of benzene rings is 1. The zero-order chi connectivity index (χ0) is 16.9. The first-order chi connectivity index (χ1) is 10.3. The summed E-state index contributed by atoms with van der Waals surface area (Å²) in [5.41, 5.74) is 1.11. The van der Waals surface area contributed by atoms with Crippen molar-refractivity contribution in [2.24, 2.45) is 0 Å². The van der Waals surface area contributed by atoms with Gasteiger partial charge in [0.05, 0.1) is 11.1 Å². The lowest BCUT2D eigenvalue weighted by Crippen LogP contribution is -2.18. The molecule has 0 radical (unpaired) electrons. The van der Waals surface area contributed by atoms with Crippen LogP contribution in [0.1, 0.15) is 31.8 Å². The predicted molar refractivity (Wildman–Crippen MR) is 101 cm³/mol. The van der Waals surface area contributed by atoms with Gasteiger partial charge in [-0.3, -0.25) is 0 Å². The number of alkyl halides is 4. The lowest BCUT2D eigenvalue weighted by molar-refractivity contribution is 0.0650. The van der Waals surface area contributed by atoms with E-state index in [4.69, 9.17) is 0 Å². The van der Waals surface area contributed by atoms with E-state index in [1.807, 2.05) is 0 Å². The van der Waals surface area contributed by atoms with Gasteiger partial charge in [0.25, 0.3) is 0 Å². The fourth-order valence-electron chi connectivity index (χ4n) is 2.11. The summed E-state index contributed by atoms with van der Waals surface area (Å²) in [4.78, 5) is 23.1. The van der Waals surface area contributed by atoms with Crippen molar-refractivity contribution in [1.82, 2.24) is 0 Å². The smallest absolute Gasteiger partial charge is 0.336 e. The van der Waals surface area contributed by atoms with E-state index in [2.05, 4.69) is 63.7 Å². The molecule has 0 aliphatic rings. The van der Waals surface area contributed by atoms with Gasteiger partial charge in [0.1, 0.15) is 0 Å². The molecule has 8 heteroatoms. The van der Waals surface area contributed by atoms with Crippen LogP contribution in [0, 0.1) is 0 Å². The molecule has 1 aromatic carbocycles. The zero-order valence-electron chi connectivity index (χ0n) is 11.4. The van der Waals surface area contributed by atoms with Gasteiger partial charge in [0, 0.05) is 20.3 Å². The Kier molecular flexibility index (Phi) is 8.59. The maximum absolute atomic E-state index is 11.6. The van der Waals surface area contributed by atoms with Crippen molar-refractivity contribution in [3.63, 3.8) is 0 Å². The molecule has 1 rings (SSSR count). The molecule has 0 aromatic heterocycles. The van der Waals surface area contributed by atoms with Crippen LogP contribution in [0.25, 0.3) is 0 Å². The van der Waals surface area contributed by atoms with Crippen molar-refractivity contribution >= 4 is 75.7 Å². The summed E-state index contributed by atoms with van der Waals surface area (Å²) in [6, 6.07) is 3.08. The first-order valence-corrected chi connectivity index (χ1v) is 10.4. The molecule has 22 heavy (non-hydrogen) atoms. The second-order valence-electron chi connectivity index (χ2n) is 4.65. The molecule has 4 nitrogen and oxygen atoms in total. The van der Waals surface area contributed by atoms with E-state index in [0.29, 0.717) is 29.1 Å². The number of carboxylic acid groups (broad SMARTS) is 2. The Labute approximate surface area is 162 Å². The Balaban J connectivity index is 3.47. The normalized spacial score (nSPS) is 13.6. The van der Waals surface area contributed by atoms with E-state index in [0.717, 1.165) is 5.56 Å². The monoisotopic (exact) mass is 562 g/mol. The van der Waals surface area contributed by atoms with Crippen molar-refractivity contribution in [3.8, 4) is 0 Å². The Morgan fingerprint density at radius 2 is 1.50 bits per heavy atom. The van der Waals surface area contributed by atoms with Gasteiger partial charge in [0.15, 0.2) is 0 Å². The summed E-state index contributed by atoms with van der Waals surface area (Å²) < 4.78 is 0. The van der Waals surface area contributed by atoms with Crippen LogP contribution in [-0.4, -0.2) is 42.5 Å². The van der Waals surface area contributed by atoms with Crippen LogP contribution < -0.4 is 0 Å². The lowest BCUT2D eigenvalue weighted by atomic mass is 9.91. The minimum absolute atomic E-state index is 0.0196. The second kappa shape index (κ2) is 9.39. The molecule has 1 aromatic rings. The Hall–Kier alpha value is 0.0800. The molecule has 2 N–H and O–H groups in total. The van der Waals surface area contributed by atoms with Crippen LogP contribution in [0.15, 0.2) is 12.1 Å². The highest BCUT2D eigenvalue weighted by Crippen LogP contribution is 2.26. The highest BCUT2D eigenvalue weighted by Gasteiger charge is 2.24. The molecule has 0 aliphatic carbocycles. The number of hydrogen-bond acceptors (Lipinski definition) is 2. The molecule has 0 bridgehead atoms. The van der Waals surface area contributed by atoms with E-state index in [-0.39, 0.29) is 20.8 Å². The van der Waals surface area contributed by atoms with Crippen molar-refractivity contribution in [3.05, 3.63) is 34.4 Å². The second-order valence-corrected chi connectivity index (χ2v) is 8.53. The molecule has 2 unspecified atom stereocenters. The molecule has 0 aliphatic heterocycles. The SMILES string of the molecule is O=C(O)c1ccc(CC(Br)CBr)c(CC(Br)CBr)c1C(=O)O. The van der Waals surface area contributed by atoms with E-state index < -0.39 is 11.9 Å². The number of carboxylic acids is 2. The number of halogens is 4. The van der Waals surface area contributed by atoms with Crippen molar-refractivity contribution in [2.45, 2.75) is 22.5 Å². The topological polar surface area (TPSA) is 74.6 Å². The van der Waals surface area contributed by atoms with Gasteiger partial charge >= 0.3 is 11.9 Å². The standard InChI is InChI=1S/C14H14Br4O4/c15-5-8(17)3-7-1-2-10(13(19)20)12(14(21)22)11(7)4-9(18)6-16/h1-2,8-9H,3-6H2,(H,19,20)(H,21,22). The summed E-state index contributed by atoms with van der Waals surface area (Å²) in [6.07, 6.45) is 1.05. The molecular weight excluding hydrogens is 552 g/mol. The fourth-order valence-corrected chi connectivity index (χ4v) is 3.24. The van der Waals surface area contributed by atoms with Crippen LogP contribution >= 0.6 is 63.7 Å². The van der Waals surface area contributed by atoms with Crippen LogP contribution in [0.2, 0.25) is 0 Å². The highest BCUT2D eigenvalue weighted by atomic mass is 79.9. The van der Waals surface area contributed by atoms with E-state index in [9.17, 15) is 19.8 Å². The van der Waals surface area contributed by atoms with Gasteiger partial charge in [-0.1, -0.05) is 69.8 Å². The van der Waals surface area contributed by atoms with Crippen molar-refractivity contribution < 1.29 is 19.8 Å². The van der Waals surface area contributed by atoms with Crippen LogP contribution in [0.4, 0.5) is 0 Å². The Bertz CT molecular complexity index is 562. The van der Waals surface area contributed by atoms with Crippen molar-refractivity contribution in [1.29, 1.82) is 0 Å². The molecule has 0 amide bonds. The van der Waals surface area contributed by atoms with E-state index in [1.54, 1.807) is 6.07 Å². The largest absolute Gasteiger partial charge is 0.478 e. The van der Waals surface area contributed by atoms with Gasteiger partial charge < -0.3 is 10.2 Å². The molecule has 0 saturated carbocycles. The number of carbonyl (C=O) groups is 2. The molecule has 0 saturated heterocycles. The Morgan fingerprint density at radius 1 is 0.955 bits per heavy atom. The fraction of sp³-hybridized carbons (Fsp3) is 0.429. The summed E-state index contributed by atoms with van der Waals surface area (Å²) in [7, 11) is 0. The lowest BCUT2D eigenvalue weighted by Gasteiger charge is -2.18. The maximum atomic E-state index is 11.6. The summed E-state index contributed by atoms with van der Waals surface area (Å²) >= 11 is 13.7. The Morgan fingerprint density at radius 3 is 1.95 bits per heavy atom. The first-order valence-electron chi connectivity index (χ1n) is 6.33. The van der Waals surface area contributed by atoms with Gasteiger partial charge in [-0.25, -0.2) is 9.59 Å². The van der Waals surface area contributed by atoms with Crippen LogP contribution in [0.5, 0.6) is 0 Å². The third kappa shape index (κ3) is 5.32. The average molecular weight is 566 g/mol. The third-order valence-electron chi connectivity index (χ3n) is 3.06. The molecule has 0 fully saturated rings. The molecule has 0 heterocycles. The molecule has 0 spiro atoms. The van der Waals surface area contributed by atoms with Gasteiger partial charge in [-0.15, -0.1) is 0 Å². The number of hydrogen-bond donors (Lipinski definition) is 2. The van der Waals surface area contributed by atoms with E-state index >= 15 is 0 Å². The maximum Gasteiger partial charge on any atom is 0.336 e. The molecule has 122 valence electrons. The van der Waals surface area contributed by atoms with Crippen LogP contribution in [-0.2, 0) is 12.8 Å². The summed E-state index contributed by atoms with van der Waals surface area (Å²) in [5.74, 6) is -2.44. The zero-order valence-corrected chi connectivity index (χ0v) is 17.7. The summed E-state index contributed by atoms with van der Waals surface area (Å²) in [5, 5.41) is 20.1.